The zero-order valence-electron chi connectivity index (χ0n) is 15.4. The van der Waals surface area contributed by atoms with Crippen LogP contribution in [0, 0.1) is 0 Å². The molecule has 0 N–H and O–H groups in total. The van der Waals surface area contributed by atoms with Crippen molar-refractivity contribution in [1.29, 1.82) is 0 Å². The first-order valence-corrected chi connectivity index (χ1v) is 10.9. The Morgan fingerprint density at radius 2 is 1.25 bits per heavy atom. The normalized spacial score (nSPS) is 10.6. The molecule has 0 atom stereocenters. The largest absolute Gasteiger partial charge is 0.333 e. The molecule has 0 bridgehead atoms. The zero-order valence-corrected chi connectivity index (χ0v) is 17.7. The molecule has 0 unspecified atom stereocenters. The second-order valence-electron chi connectivity index (χ2n) is 6.41. The fraction of sp³-hybridized carbons (Fsp3) is 0.174. The van der Waals surface area contributed by atoms with E-state index in [-0.39, 0.29) is 5.91 Å². The summed E-state index contributed by atoms with van der Waals surface area (Å²) < 4.78 is 0. The van der Waals surface area contributed by atoms with Crippen molar-refractivity contribution in [2.75, 3.05) is 5.75 Å². The van der Waals surface area contributed by atoms with E-state index in [2.05, 4.69) is 0 Å². The fourth-order valence-corrected chi connectivity index (χ4v) is 4.51. The Hall–Kier alpha value is -1.94. The van der Waals surface area contributed by atoms with Gasteiger partial charge in [0.1, 0.15) is 0 Å². The molecule has 1 amide bonds. The summed E-state index contributed by atoms with van der Waals surface area (Å²) in [6.07, 6.45) is 0. The average Bonchev–Trinajstić information content (AvgIpc) is 2.71. The molecular weight excluding hydrogens is 409 g/mol. The molecule has 0 fully saturated rings. The van der Waals surface area contributed by atoms with Gasteiger partial charge in [-0.1, -0.05) is 89.9 Å². The van der Waals surface area contributed by atoms with Gasteiger partial charge in [-0.25, -0.2) is 0 Å². The van der Waals surface area contributed by atoms with Gasteiger partial charge in [0.2, 0.25) is 5.91 Å². The third-order valence-corrected chi connectivity index (χ3v) is 5.97. The van der Waals surface area contributed by atoms with Crippen LogP contribution in [0.4, 0.5) is 0 Å². The predicted molar refractivity (Wildman–Crippen MR) is 120 cm³/mol. The highest BCUT2D eigenvalue weighted by atomic mass is 35.5. The number of carbonyl (C=O) groups excluding carboxylic acids is 1. The first kappa shape index (κ1) is 20.8. The Morgan fingerprint density at radius 3 is 1.75 bits per heavy atom. The van der Waals surface area contributed by atoms with E-state index in [1.54, 1.807) is 0 Å². The van der Waals surface area contributed by atoms with Gasteiger partial charge in [0, 0.05) is 28.9 Å². The summed E-state index contributed by atoms with van der Waals surface area (Å²) in [6, 6.07) is 25.6. The van der Waals surface area contributed by atoms with E-state index < -0.39 is 0 Å². The third-order valence-electron chi connectivity index (χ3n) is 4.32. The monoisotopic (exact) mass is 429 g/mol. The molecule has 5 heteroatoms. The summed E-state index contributed by atoms with van der Waals surface area (Å²) in [5.41, 5.74) is 3.11. The van der Waals surface area contributed by atoms with E-state index in [4.69, 9.17) is 23.2 Å². The molecule has 0 aliphatic rings. The van der Waals surface area contributed by atoms with Gasteiger partial charge in [0.25, 0.3) is 0 Å². The second-order valence-corrected chi connectivity index (χ2v) is 8.21. The lowest BCUT2D eigenvalue weighted by Crippen LogP contribution is -2.31. The molecule has 0 spiro atoms. The molecule has 0 aliphatic heterocycles. The summed E-state index contributed by atoms with van der Waals surface area (Å²) >= 11 is 14.0. The number of hydrogen-bond donors (Lipinski definition) is 0. The number of hydrogen-bond acceptors (Lipinski definition) is 2. The maximum atomic E-state index is 13.0. The highest BCUT2D eigenvalue weighted by molar-refractivity contribution is 7.99. The van der Waals surface area contributed by atoms with Crippen LogP contribution in [0.15, 0.2) is 78.9 Å². The van der Waals surface area contributed by atoms with E-state index in [1.807, 2.05) is 83.8 Å². The van der Waals surface area contributed by atoms with Gasteiger partial charge >= 0.3 is 0 Å². The molecule has 3 aromatic carbocycles. The topological polar surface area (TPSA) is 20.3 Å². The van der Waals surface area contributed by atoms with Gasteiger partial charge in [0.15, 0.2) is 0 Å². The summed E-state index contributed by atoms with van der Waals surface area (Å²) in [7, 11) is 0. The number of amides is 1. The van der Waals surface area contributed by atoms with E-state index >= 15 is 0 Å². The highest BCUT2D eigenvalue weighted by Gasteiger charge is 2.15. The highest BCUT2D eigenvalue weighted by Crippen LogP contribution is 2.28. The van der Waals surface area contributed by atoms with Gasteiger partial charge in [-0.15, -0.1) is 11.8 Å². The van der Waals surface area contributed by atoms with Crippen molar-refractivity contribution in [3.8, 4) is 0 Å². The van der Waals surface area contributed by atoms with Crippen molar-refractivity contribution in [2.24, 2.45) is 0 Å². The van der Waals surface area contributed by atoms with Crippen LogP contribution in [-0.2, 0) is 23.6 Å². The van der Waals surface area contributed by atoms with Gasteiger partial charge in [0.05, 0.1) is 5.75 Å². The molecular formula is C23H21Cl2NOS. The number of thioether (sulfide) groups is 1. The Kier molecular flexibility index (Phi) is 7.84. The summed E-state index contributed by atoms with van der Waals surface area (Å²) in [6.45, 7) is 1.17. The van der Waals surface area contributed by atoms with Gasteiger partial charge in [-0.05, 0) is 28.8 Å². The molecule has 3 aromatic rings. The average molecular weight is 430 g/mol. The van der Waals surface area contributed by atoms with Crippen molar-refractivity contribution in [2.45, 2.75) is 18.8 Å². The van der Waals surface area contributed by atoms with Gasteiger partial charge < -0.3 is 4.90 Å². The number of nitrogens with zero attached hydrogens (tertiary/aromatic N) is 1. The van der Waals surface area contributed by atoms with Crippen LogP contribution in [0.3, 0.4) is 0 Å². The lowest BCUT2D eigenvalue weighted by molar-refractivity contribution is -0.129. The Labute approximate surface area is 180 Å². The van der Waals surface area contributed by atoms with Crippen molar-refractivity contribution in [1.82, 2.24) is 4.90 Å². The molecule has 28 heavy (non-hydrogen) atoms. The van der Waals surface area contributed by atoms with E-state index in [9.17, 15) is 4.79 Å². The maximum absolute atomic E-state index is 13.0. The first-order chi connectivity index (χ1) is 13.6. The summed E-state index contributed by atoms with van der Waals surface area (Å²) in [4.78, 5) is 14.8. The van der Waals surface area contributed by atoms with Gasteiger partial charge in [-0.3, -0.25) is 4.79 Å². The maximum Gasteiger partial charge on any atom is 0.233 e. The molecule has 2 nitrogen and oxygen atoms in total. The minimum atomic E-state index is 0.0980. The smallest absolute Gasteiger partial charge is 0.233 e. The summed E-state index contributed by atoms with van der Waals surface area (Å²) in [5.74, 6) is 1.08. The fourth-order valence-electron chi connectivity index (χ4n) is 2.84. The standard InChI is InChI=1S/C23H21Cl2NOS/c24-21-12-7-13-22(25)20(21)16-28-17-23(27)26(14-18-8-3-1-4-9-18)15-19-10-5-2-6-11-19/h1-13H,14-17H2. The SMILES string of the molecule is O=C(CSCc1c(Cl)cccc1Cl)N(Cc1ccccc1)Cc1ccccc1. The molecule has 144 valence electrons. The van der Waals surface area contributed by atoms with E-state index in [1.165, 1.54) is 11.8 Å². The summed E-state index contributed by atoms with van der Waals surface area (Å²) in [5, 5.41) is 1.27. The molecule has 0 saturated carbocycles. The third kappa shape index (κ3) is 6.03. The molecule has 0 heterocycles. The van der Waals surface area contributed by atoms with Crippen LogP contribution in [-0.4, -0.2) is 16.6 Å². The van der Waals surface area contributed by atoms with Crippen LogP contribution in [0.25, 0.3) is 0 Å². The van der Waals surface area contributed by atoms with Gasteiger partial charge in [-0.2, -0.15) is 0 Å². The van der Waals surface area contributed by atoms with Crippen molar-refractivity contribution in [3.05, 3.63) is 106 Å². The minimum absolute atomic E-state index is 0.0980. The lowest BCUT2D eigenvalue weighted by Gasteiger charge is -2.23. The molecule has 0 aliphatic carbocycles. The minimum Gasteiger partial charge on any atom is -0.333 e. The first-order valence-electron chi connectivity index (χ1n) is 9.00. The predicted octanol–water partition coefficient (Wildman–Crippen LogP) is 6.46. The number of benzene rings is 3. The quantitative estimate of drug-likeness (QED) is 0.409. The number of halogens is 2. The lowest BCUT2D eigenvalue weighted by atomic mass is 10.1. The molecule has 0 radical (unpaired) electrons. The zero-order chi connectivity index (χ0) is 19.8. The Morgan fingerprint density at radius 1 is 0.750 bits per heavy atom. The van der Waals surface area contributed by atoms with Crippen LogP contribution >= 0.6 is 35.0 Å². The Balaban J connectivity index is 1.65. The number of carbonyl (C=O) groups is 1. The van der Waals surface area contributed by atoms with Crippen LogP contribution in [0.1, 0.15) is 16.7 Å². The molecule has 3 rings (SSSR count). The van der Waals surface area contributed by atoms with Crippen LogP contribution in [0.5, 0.6) is 0 Å². The molecule has 0 aromatic heterocycles. The number of rotatable bonds is 8. The van der Waals surface area contributed by atoms with Crippen molar-refractivity contribution >= 4 is 40.9 Å². The van der Waals surface area contributed by atoms with Crippen molar-refractivity contribution < 1.29 is 4.79 Å². The van der Waals surface area contributed by atoms with Crippen LogP contribution < -0.4 is 0 Å². The van der Waals surface area contributed by atoms with E-state index in [0.717, 1.165) is 16.7 Å². The Bertz CT molecular complexity index is 841. The molecule has 0 saturated heterocycles. The van der Waals surface area contributed by atoms with Crippen LogP contribution in [0.2, 0.25) is 10.0 Å². The second kappa shape index (κ2) is 10.6. The van der Waals surface area contributed by atoms with E-state index in [0.29, 0.717) is 34.6 Å². The van der Waals surface area contributed by atoms with Crippen molar-refractivity contribution in [3.63, 3.8) is 0 Å².